The molecular weight excluding hydrogens is 361 g/mol. The Morgan fingerprint density at radius 2 is 2.00 bits per heavy atom. The number of hydrogen-bond acceptors (Lipinski definition) is 6. The number of nitrogens with two attached hydrogens (primary N) is 1. The van der Waals surface area contributed by atoms with E-state index in [4.69, 9.17) is 15.6 Å². The zero-order valence-corrected chi connectivity index (χ0v) is 14.8. The van der Waals surface area contributed by atoms with Gasteiger partial charge >= 0.3 is 0 Å². The molecular formula is C20H16FN5O2. The molecule has 28 heavy (non-hydrogen) atoms. The Morgan fingerprint density at radius 3 is 2.75 bits per heavy atom. The molecule has 5 N–H and O–H groups in total. The standard InChI is InChI=1S/C20H16FN5O2/c1-10-13-8-7-11(21)9-14(13)28-18(10)17(24-12-5-3-2-4-6-12)15-16(22)20(27)26-25-19(15)23/h2-9,22,24H,1H3,(H2,23,25)(H,26,27)/b17-15+,22-16?. The third-order valence-electron chi connectivity index (χ3n) is 4.43. The molecule has 1 amide bonds. The van der Waals surface area contributed by atoms with Crippen LogP contribution in [0.3, 0.4) is 0 Å². The first-order chi connectivity index (χ1) is 13.5. The molecule has 0 aliphatic carbocycles. The lowest BCUT2D eigenvalue weighted by atomic mass is 10.0. The van der Waals surface area contributed by atoms with E-state index >= 15 is 0 Å². The van der Waals surface area contributed by atoms with E-state index < -0.39 is 11.7 Å². The van der Waals surface area contributed by atoms with E-state index in [0.29, 0.717) is 33.7 Å². The summed E-state index contributed by atoms with van der Waals surface area (Å²) in [5.74, 6) is -0.800. The molecule has 0 unspecified atom stereocenters. The van der Waals surface area contributed by atoms with Crippen LogP contribution in [-0.2, 0) is 4.79 Å². The van der Waals surface area contributed by atoms with Gasteiger partial charge in [0.05, 0.1) is 11.3 Å². The lowest BCUT2D eigenvalue weighted by Crippen LogP contribution is -2.40. The number of hydrazone groups is 1. The number of amidine groups is 1. The molecule has 3 aromatic rings. The Morgan fingerprint density at radius 1 is 1.25 bits per heavy atom. The van der Waals surface area contributed by atoms with Crippen molar-refractivity contribution < 1.29 is 13.6 Å². The fraction of sp³-hybridized carbons (Fsp3) is 0.0500. The molecule has 0 spiro atoms. The Bertz CT molecular complexity index is 1180. The average Bonchev–Trinajstić information content (AvgIpc) is 3.00. The average molecular weight is 377 g/mol. The van der Waals surface area contributed by atoms with E-state index in [1.54, 1.807) is 6.07 Å². The van der Waals surface area contributed by atoms with Crippen molar-refractivity contribution in [3.63, 3.8) is 0 Å². The minimum Gasteiger partial charge on any atom is -0.454 e. The monoisotopic (exact) mass is 377 g/mol. The number of nitrogens with one attached hydrogen (secondary N) is 3. The molecule has 1 aromatic heterocycles. The summed E-state index contributed by atoms with van der Waals surface area (Å²) in [6.07, 6.45) is 0. The number of anilines is 1. The number of aryl methyl sites for hydroxylation is 1. The van der Waals surface area contributed by atoms with Gasteiger partial charge in [-0.2, -0.15) is 5.10 Å². The summed E-state index contributed by atoms with van der Waals surface area (Å²) in [4.78, 5) is 12.0. The summed E-state index contributed by atoms with van der Waals surface area (Å²) in [7, 11) is 0. The van der Waals surface area contributed by atoms with Crippen LogP contribution in [0.15, 0.2) is 63.6 Å². The van der Waals surface area contributed by atoms with Crippen LogP contribution in [0, 0.1) is 18.2 Å². The summed E-state index contributed by atoms with van der Waals surface area (Å²) in [6.45, 7) is 1.81. The number of halogens is 1. The molecule has 0 atom stereocenters. The van der Waals surface area contributed by atoms with Gasteiger partial charge in [-0.15, -0.1) is 0 Å². The third-order valence-corrected chi connectivity index (χ3v) is 4.43. The van der Waals surface area contributed by atoms with Crippen molar-refractivity contribution >= 4 is 39.8 Å². The molecule has 7 nitrogen and oxygen atoms in total. The predicted molar refractivity (Wildman–Crippen MR) is 105 cm³/mol. The summed E-state index contributed by atoms with van der Waals surface area (Å²) in [6, 6.07) is 13.4. The first kappa shape index (κ1) is 17.5. The topological polar surface area (TPSA) is 116 Å². The van der Waals surface area contributed by atoms with Crippen LogP contribution in [0.2, 0.25) is 0 Å². The van der Waals surface area contributed by atoms with E-state index in [1.165, 1.54) is 12.1 Å². The molecule has 8 heteroatoms. The predicted octanol–water partition coefficient (Wildman–Crippen LogP) is 3.13. The molecule has 0 saturated carbocycles. The molecule has 0 saturated heterocycles. The zero-order chi connectivity index (χ0) is 19.8. The smallest absolute Gasteiger partial charge is 0.290 e. The Kier molecular flexibility index (Phi) is 4.15. The second kappa shape index (κ2) is 6.66. The summed E-state index contributed by atoms with van der Waals surface area (Å²) in [5, 5.41) is 15.9. The van der Waals surface area contributed by atoms with Crippen LogP contribution in [0.5, 0.6) is 0 Å². The molecule has 1 aliphatic rings. The minimum absolute atomic E-state index is 0.0333. The minimum atomic E-state index is -0.684. The number of nitrogens with zero attached hydrogens (tertiary/aromatic N) is 1. The Balaban J connectivity index is 1.99. The summed E-state index contributed by atoms with van der Waals surface area (Å²) in [5.41, 5.74) is 10.0. The maximum absolute atomic E-state index is 13.6. The molecule has 0 fully saturated rings. The van der Waals surface area contributed by atoms with Gasteiger partial charge in [0.2, 0.25) is 0 Å². The number of para-hydroxylation sites is 1. The van der Waals surface area contributed by atoms with Crippen molar-refractivity contribution in [1.82, 2.24) is 5.43 Å². The van der Waals surface area contributed by atoms with E-state index in [-0.39, 0.29) is 17.1 Å². The molecule has 2 aromatic carbocycles. The molecule has 0 radical (unpaired) electrons. The largest absolute Gasteiger partial charge is 0.454 e. The van der Waals surface area contributed by atoms with Gasteiger partial charge in [-0.3, -0.25) is 10.2 Å². The molecule has 0 bridgehead atoms. The van der Waals surface area contributed by atoms with Crippen LogP contribution in [0.1, 0.15) is 11.3 Å². The van der Waals surface area contributed by atoms with Crippen molar-refractivity contribution in [2.45, 2.75) is 6.92 Å². The van der Waals surface area contributed by atoms with Crippen LogP contribution in [0.4, 0.5) is 10.1 Å². The number of carbonyl (C=O) groups excluding carboxylic acids is 1. The van der Waals surface area contributed by atoms with Gasteiger partial charge < -0.3 is 15.5 Å². The van der Waals surface area contributed by atoms with Gasteiger partial charge in [-0.1, -0.05) is 18.2 Å². The third kappa shape index (κ3) is 2.90. The molecule has 140 valence electrons. The quantitative estimate of drug-likeness (QED) is 0.561. The number of benzene rings is 2. The van der Waals surface area contributed by atoms with Crippen molar-refractivity contribution in [3.05, 3.63) is 71.2 Å². The number of rotatable bonds is 3. The van der Waals surface area contributed by atoms with Gasteiger partial charge in [-0.25, -0.2) is 9.82 Å². The van der Waals surface area contributed by atoms with Crippen molar-refractivity contribution in [1.29, 1.82) is 5.41 Å². The van der Waals surface area contributed by atoms with E-state index in [1.807, 2.05) is 37.3 Å². The van der Waals surface area contributed by atoms with Crippen LogP contribution >= 0.6 is 0 Å². The fourth-order valence-corrected chi connectivity index (χ4v) is 3.05. The van der Waals surface area contributed by atoms with Gasteiger partial charge in [0.1, 0.15) is 17.1 Å². The normalized spacial score (nSPS) is 16.0. The number of amides is 1. The van der Waals surface area contributed by atoms with E-state index in [2.05, 4.69) is 15.8 Å². The second-order valence-electron chi connectivity index (χ2n) is 6.25. The zero-order valence-electron chi connectivity index (χ0n) is 14.8. The SMILES string of the molecule is Cc1c(/C(Nc2ccccc2)=C2/C(=N)C(=O)NN=C2N)oc2cc(F)ccc12. The highest BCUT2D eigenvalue weighted by Gasteiger charge is 2.29. The number of carbonyl (C=O) groups is 1. The van der Waals surface area contributed by atoms with Crippen molar-refractivity contribution in [2.24, 2.45) is 10.8 Å². The first-order valence-electron chi connectivity index (χ1n) is 8.44. The molecule has 4 rings (SSSR count). The maximum Gasteiger partial charge on any atom is 0.290 e. The highest BCUT2D eigenvalue weighted by atomic mass is 19.1. The summed E-state index contributed by atoms with van der Waals surface area (Å²) < 4.78 is 19.5. The Labute approximate surface area is 159 Å². The van der Waals surface area contributed by atoms with Gasteiger partial charge in [0.25, 0.3) is 5.91 Å². The van der Waals surface area contributed by atoms with E-state index in [9.17, 15) is 9.18 Å². The van der Waals surface area contributed by atoms with Crippen LogP contribution < -0.4 is 16.5 Å². The number of hydrogen-bond donors (Lipinski definition) is 4. The van der Waals surface area contributed by atoms with Gasteiger partial charge in [0.15, 0.2) is 11.6 Å². The van der Waals surface area contributed by atoms with Gasteiger partial charge in [-0.05, 0) is 31.2 Å². The lowest BCUT2D eigenvalue weighted by Gasteiger charge is -2.19. The molecule has 2 heterocycles. The van der Waals surface area contributed by atoms with Crippen LogP contribution in [-0.4, -0.2) is 17.5 Å². The Hall–Kier alpha value is -3.94. The fourth-order valence-electron chi connectivity index (χ4n) is 3.05. The van der Waals surface area contributed by atoms with Crippen molar-refractivity contribution in [2.75, 3.05) is 5.32 Å². The van der Waals surface area contributed by atoms with Crippen molar-refractivity contribution in [3.8, 4) is 0 Å². The molecule has 1 aliphatic heterocycles. The maximum atomic E-state index is 13.6. The number of furan rings is 1. The van der Waals surface area contributed by atoms with E-state index in [0.717, 1.165) is 0 Å². The summed E-state index contributed by atoms with van der Waals surface area (Å²) >= 11 is 0. The number of fused-ring (bicyclic) bond motifs is 1. The highest BCUT2D eigenvalue weighted by Crippen LogP contribution is 2.33. The second-order valence-corrected chi connectivity index (χ2v) is 6.25. The van der Waals surface area contributed by atoms with Crippen LogP contribution in [0.25, 0.3) is 16.7 Å². The highest BCUT2D eigenvalue weighted by molar-refractivity contribution is 6.53. The lowest BCUT2D eigenvalue weighted by molar-refractivity contribution is -0.114. The first-order valence-corrected chi connectivity index (χ1v) is 8.44. The van der Waals surface area contributed by atoms with Gasteiger partial charge in [0, 0.05) is 22.7 Å².